The number of hydrogen-bond donors (Lipinski definition) is 1. The molecule has 2 nitrogen and oxygen atoms in total. The van der Waals surface area contributed by atoms with Gasteiger partial charge in [-0.2, -0.15) is 0 Å². The highest BCUT2D eigenvalue weighted by Gasteiger charge is 2.49. The van der Waals surface area contributed by atoms with E-state index in [4.69, 9.17) is 4.43 Å². The van der Waals surface area contributed by atoms with Crippen LogP contribution in [0.3, 0.4) is 0 Å². The number of thioether (sulfide) groups is 2. The SMILES string of the molecule is C=C(C)CC1(O)C(=C2SCCCS2)[C@H](C)CC[C@H]1[C@@H](C)CO[Si](C)(C)C(C)(C)C. The molecule has 1 saturated carbocycles. The van der Waals surface area contributed by atoms with Crippen molar-refractivity contribution in [1.82, 2.24) is 0 Å². The maximum absolute atomic E-state index is 12.3. The van der Waals surface area contributed by atoms with E-state index in [2.05, 4.69) is 61.2 Å². The Labute approximate surface area is 189 Å². The van der Waals surface area contributed by atoms with Crippen molar-refractivity contribution in [2.24, 2.45) is 17.8 Å². The van der Waals surface area contributed by atoms with Gasteiger partial charge in [-0.1, -0.05) is 40.2 Å². The second-order valence-corrected chi connectivity index (χ2v) is 18.2. The fourth-order valence-corrected chi connectivity index (χ4v) is 8.66. The van der Waals surface area contributed by atoms with Crippen LogP contribution in [0.2, 0.25) is 18.1 Å². The van der Waals surface area contributed by atoms with Crippen LogP contribution in [-0.4, -0.2) is 37.1 Å². The molecular formula is C24H44O2S2Si. The molecule has 1 aliphatic carbocycles. The third kappa shape index (κ3) is 5.97. The Balaban J connectivity index is 2.32. The molecule has 0 radical (unpaired) electrons. The molecule has 0 bridgehead atoms. The molecule has 2 fully saturated rings. The molecule has 0 amide bonds. The topological polar surface area (TPSA) is 29.5 Å². The van der Waals surface area contributed by atoms with Crippen molar-refractivity contribution in [2.75, 3.05) is 18.1 Å². The van der Waals surface area contributed by atoms with Gasteiger partial charge in [0.15, 0.2) is 8.32 Å². The molecule has 4 atom stereocenters. The smallest absolute Gasteiger partial charge is 0.191 e. The van der Waals surface area contributed by atoms with Gasteiger partial charge in [0.2, 0.25) is 0 Å². The lowest BCUT2D eigenvalue weighted by atomic mass is 9.62. The second kappa shape index (κ2) is 9.85. The maximum atomic E-state index is 12.3. The van der Waals surface area contributed by atoms with Crippen molar-refractivity contribution in [3.8, 4) is 0 Å². The van der Waals surface area contributed by atoms with Crippen LogP contribution in [0.25, 0.3) is 0 Å². The van der Waals surface area contributed by atoms with Crippen LogP contribution in [0.4, 0.5) is 0 Å². The Morgan fingerprint density at radius 3 is 2.38 bits per heavy atom. The first-order chi connectivity index (χ1) is 13.3. The zero-order valence-electron chi connectivity index (χ0n) is 20.1. The molecule has 168 valence electrons. The van der Waals surface area contributed by atoms with E-state index >= 15 is 0 Å². The Kier molecular flexibility index (Phi) is 8.69. The molecule has 1 heterocycles. The molecule has 0 spiro atoms. The molecule has 1 unspecified atom stereocenters. The summed E-state index contributed by atoms with van der Waals surface area (Å²) >= 11 is 3.93. The first kappa shape index (κ1) is 25.6. The molecule has 1 saturated heterocycles. The Morgan fingerprint density at radius 1 is 1.28 bits per heavy atom. The van der Waals surface area contributed by atoms with Gasteiger partial charge in [-0.05, 0) is 79.2 Å². The van der Waals surface area contributed by atoms with E-state index in [0.29, 0.717) is 18.3 Å². The zero-order chi connectivity index (χ0) is 22.0. The molecule has 1 N–H and O–H groups in total. The molecule has 0 aromatic rings. The fourth-order valence-electron chi connectivity index (χ4n) is 4.52. The molecule has 0 aromatic heterocycles. The van der Waals surface area contributed by atoms with Crippen molar-refractivity contribution in [1.29, 1.82) is 0 Å². The van der Waals surface area contributed by atoms with E-state index in [1.165, 1.54) is 27.7 Å². The molecule has 2 rings (SSSR count). The Morgan fingerprint density at radius 2 is 1.86 bits per heavy atom. The third-order valence-electron chi connectivity index (χ3n) is 7.23. The predicted molar refractivity (Wildman–Crippen MR) is 135 cm³/mol. The fraction of sp³-hybridized carbons (Fsp3) is 0.833. The summed E-state index contributed by atoms with van der Waals surface area (Å²) < 4.78 is 7.99. The van der Waals surface area contributed by atoms with Gasteiger partial charge in [-0.3, -0.25) is 0 Å². The van der Waals surface area contributed by atoms with Gasteiger partial charge in [0.25, 0.3) is 0 Å². The van der Waals surface area contributed by atoms with Crippen LogP contribution < -0.4 is 0 Å². The summed E-state index contributed by atoms with van der Waals surface area (Å²) in [4.78, 5) is 0. The highest BCUT2D eigenvalue weighted by Crippen LogP contribution is 2.53. The van der Waals surface area contributed by atoms with Crippen LogP contribution in [0, 0.1) is 17.8 Å². The zero-order valence-corrected chi connectivity index (χ0v) is 22.7. The van der Waals surface area contributed by atoms with Gasteiger partial charge in [-0.15, -0.1) is 30.1 Å². The van der Waals surface area contributed by atoms with E-state index in [1.54, 1.807) is 0 Å². The summed E-state index contributed by atoms with van der Waals surface area (Å²) in [5.74, 6) is 3.35. The van der Waals surface area contributed by atoms with Gasteiger partial charge in [0, 0.05) is 17.3 Å². The van der Waals surface area contributed by atoms with E-state index in [-0.39, 0.29) is 11.0 Å². The van der Waals surface area contributed by atoms with Crippen LogP contribution in [-0.2, 0) is 4.43 Å². The van der Waals surface area contributed by atoms with Crippen molar-refractivity contribution in [3.05, 3.63) is 22.0 Å². The molecule has 0 aromatic carbocycles. The van der Waals surface area contributed by atoms with Crippen LogP contribution in [0.5, 0.6) is 0 Å². The van der Waals surface area contributed by atoms with Crippen LogP contribution in [0.1, 0.15) is 67.2 Å². The number of aliphatic hydroxyl groups is 1. The Hall–Kier alpha value is 0.317. The summed E-state index contributed by atoms with van der Waals surface area (Å²) in [7, 11) is -1.79. The van der Waals surface area contributed by atoms with Gasteiger partial charge < -0.3 is 9.53 Å². The van der Waals surface area contributed by atoms with E-state index < -0.39 is 13.9 Å². The van der Waals surface area contributed by atoms with Gasteiger partial charge in [0.05, 0.1) is 5.60 Å². The molecule has 2 aliphatic rings. The van der Waals surface area contributed by atoms with Crippen LogP contribution >= 0.6 is 23.5 Å². The van der Waals surface area contributed by atoms with E-state index in [9.17, 15) is 5.11 Å². The van der Waals surface area contributed by atoms with Gasteiger partial charge in [0.1, 0.15) is 0 Å². The quantitative estimate of drug-likeness (QED) is 0.331. The monoisotopic (exact) mass is 456 g/mol. The Bertz CT molecular complexity index is 615. The first-order valence-electron chi connectivity index (χ1n) is 11.3. The average Bonchev–Trinajstić information content (AvgIpc) is 2.59. The number of rotatable bonds is 6. The third-order valence-corrected chi connectivity index (χ3v) is 14.4. The normalized spacial score (nSPS) is 30.4. The maximum Gasteiger partial charge on any atom is 0.191 e. The molecular weight excluding hydrogens is 412 g/mol. The standard InChI is InChI=1S/C24H44O2S2Si/c1-17(2)15-24(25)20(19(4)16-26-29(8,9)23(5,6)7)12-11-18(3)21(24)22-27-13-10-14-28-22/h18-20,25H,1,10-16H2,2-9H3/t18-,19+,20+,24?/m1/s1. The predicted octanol–water partition coefficient (Wildman–Crippen LogP) is 7.47. The first-order valence-corrected chi connectivity index (χ1v) is 16.2. The van der Waals surface area contributed by atoms with Crippen molar-refractivity contribution in [3.63, 3.8) is 0 Å². The highest BCUT2D eigenvalue weighted by atomic mass is 32.2. The van der Waals surface area contributed by atoms with Gasteiger partial charge in [-0.25, -0.2) is 0 Å². The minimum atomic E-state index is -1.79. The lowest BCUT2D eigenvalue weighted by Crippen LogP contribution is -2.50. The average molecular weight is 457 g/mol. The summed E-state index contributed by atoms with van der Waals surface area (Å²) in [5, 5.41) is 12.5. The number of hydrogen-bond acceptors (Lipinski definition) is 4. The van der Waals surface area contributed by atoms with Crippen molar-refractivity contribution >= 4 is 31.8 Å². The van der Waals surface area contributed by atoms with Crippen molar-refractivity contribution in [2.45, 2.75) is 91.0 Å². The summed E-state index contributed by atoms with van der Waals surface area (Å²) in [5.41, 5.74) is 1.60. The summed E-state index contributed by atoms with van der Waals surface area (Å²) in [6.45, 7) is 23.1. The summed E-state index contributed by atoms with van der Waals surface area (Å²) in [6, 6.07) is 0. The van der Waals surface area contributed by atoms with E-state index in [1.807, 2.05) is 23.5 Å². The summed E-state index contributed by atoms with van der Waals surface area (Å²) in [6.07, 6.45) is 4.17. The lowest BCUT2D eigenvalue weighted by molar-refractivity contribution is -0.0447. The lowest BCUT2D eigenvalue weighted by Gasteiger charge is -2.49. The minimum Gasteiger partial charge on any atom is -0.417 e. The van der Waals surface area contributed by atoms with Gasteiger partial charge >= 0.3 is 0 Å². The van der Waals surface area contributed by atoms with Crippen LogP contribution in [0.15, 0.2) is 22.0 Å². The largest absolute Gasteiger partial charge is 0.417 e. The minimum absolute atomic E-state index is 0.213. The second-order valence-electron chi connectivity index (χ2n) is 10.9. The highest BCUT2D eigenvalue weighted by molar-refractivity contribution is 8.22. The van der Waals surface area contributed by atoms with E-state index in [0.717, 1.165) is 25.0 Å². The molecule has 5 heteroatoms. The molecule has 29 heavy (non-hydrogen) atoms. The molecule has 1 aliphatic heterocycles. The van der Waals surface area contributed by atoms with Crippen molar-refractivity contribution < 1.29 is 9.53 Å².